The number of benzene rings is 6. The van der Waals surface area contributed by atoms with E-state index in [0.29, 0.717) is 0 Å². The molecule has 0 unspecified atom stereocenters. The lowest BCUT2D eigenvalue weighted by molar-refractivity contribution is 0.710. The molecule has 6 aromatic rings. The minimum Gasteiger partial charge on any atom is -0.390 e. The highest BCUT2D eigenvalue weighted by Crippen LogP contribution is 2.57. The van der Waals surface area contributed by atoms with E-state index in [2.05, 4.69) is 187 Å². The molecule has 0 amide bonds. The minimum atomic E-state index is -0.614. The summed E-state index contributed by atoms with van der Waals surface area (Å²) in [5, 5.41) is 0. The largest absolute Gasteiger partial charge is 0.390 e. The maximum Gasteiger partial charge on any atom is 0.325 e. The average molecular weight is 523 g/mol. The van der Waals surface area contributed by atoms with E-state index >= 15 is 0 Å². The van der Waals surface area contributed by atoms with Crippen LogP contribution in [-0.4, -0.2) is 6.85 Å². The normalized spacial score (nSPS) is 14.3. The second-order valence-corrected chi connectivity index (χ2v) is 10.5. The third-order valence-electron chi connectivity index (χ3n) is 8.20. The smallest absolute Gasteiger partial charge is 0.325 e. The summed E-state index contributed by atoms with van der Waals surface area (Å²) in [7, 11) is 0. The van der Waals surface area contributed by atoms with E-state index in [1.807, 2.05) is 0 Å². The monoisotopic (exact) mass is 523 g/mol. The van der Waals surface area contributed by atoms with Gasteiger partial charge in [0, 0.05) is 5.69 Å². The Hall–Kier alpha value is -5.08. The lowest BCUT2D eigenvalue weighted by Gasteiger charge is -2.46. The van der Waals surface area contributed by atoms with Crippen molar-refractivity contribution in [3.63, 3.8) is 0 Å². The van der Waals surface area contributed by atoms with Crippen molar-refractivity contribution < 1.29 is 0 Å². The molecule has 1 nitrogen and oxygen atoms in total. The highest BCUT2D eigenvalue weighted by molar-refractivity contribution is 6.96. The molecule has 0 atom stereocenters. The Bertz CT molecular complexity index is 1710. The summed E-state index contributed by atoms with van der Waals surface area (Å²) in [5.74, 6) is 0. The molecule has 0 aromatic heterocycles. The first-order valence-electron chi connectivity index (χ1n) is 14.2. The van der Waals surface area contributed by atoms with E-state index in [4.69, 9.17) is 0 Å². The summed E-state index contributed by atoms with van der Waals surface area (Å²) in [4.78, 5) is 2.66. The van der Waals surface area contributed by atoms with Gasteiger partial charge in [-0.15, -0.1) is 0 Å². The van der Waals surface area contributed by atoms with E-state index in [-0.39, 0.29) is 6.85 Å². The Balaban J connectivity index is 1.72. The summed E-state index contributed by atoms with van der Waals surface area (Å²) >= 11 is 0. The lowest BCUT2D eigenvalue weighted by Crippen LogP contribution is -2.55. The first-order chi connectivity index (χ1) is 20.4. The van der Waals surface area contributed by atoms with Gasteiger partial charge in [0.05, 0.1) is 0 Å². The summed E-state index contributed by atoms with van der Waals surface area (Å²) < 4.78 is 0. The van der Waals surface area contributed by atoms with Crippen LogP contribution in [0.5, 0.6) is 0 Å². The number of anilines is 1. The molecule has 194 valence electrons. The van der Waals surface area contributed by atoms with Crippen molar-refractivity contribution >= 4 is 29.0 Å². The van der Waals surface area contributed by atoms with Gasteiger partial charge in [-0.3, -0.25) is 0 Å². The average Bonchev–Trinajstić information content (AvgIpc) is 3.40. The molecule has 0 bridgehead atoms. The third kappa shape index (κ3) is 4.20. The van der Waals surface area contributed by atoms with Gasteiger partial charge in [-0.2, -0.15) is 0 Å². The van der Waals surface area contributed by atoms with Crippen LogP contribution in [0.25, 0.3) is 11.0 Å². The fourth-order valence-electron chi connectivity index (χ4n) is 6.64. The van der Waals surface area contributed by atoms with Gasteiger partial charge in [0.1, 0.15) is 5.54 Å². The number of rotatable bonds is 6. The maximum absolute atomic E-state index is 2.66. The summed E-state index contributed by atoms with van der Waals surface area (Å²) in [6.45, 7) is -0.0448. The minimum absolute atomic E-state index is 0.0448. The van der Waals surface area contributed by atoms with Crippen molar-refractivity contribution in [2.24, 2.45) is 0 Å². The molecule has 0 aliphatic carbocycles. The zero-order valence-electron chi connectivity index (χ0n) is 22.8. The Labute approximate surface area is 243 Å². The number of hydrogen-bond donors (Lipinski definition) is 0. The zero-order valence-corrected chi connectivity index (χ0v) is 22.8. The standard InChI is InChI=1S/C39H30BN/c1-7-19-31(20-8-1)37-38(32-21-9-2-10-22-32)40(35-27-15-5-16-28-35)41(36-29-17-6-18-30-36)39(37,33-23-11-3-12-24-33)34-25-13-4-14-26-34/h1-30H. The number of nitrogens with zero attached hydrogens (tertiary/aromatic N) is 1. The predicted octanol–water partition coefficient (Wildman–Crippen LogP) is 8.50. The van der Waals surface area contributed by atoms with E-state index < -0.39 is 5.54 Å². The van der Waals surface area contributed by atoms with Crippen molar-refractivity contribution in [2.75, 3.05) is 4.81 Å². The second kappa shape index (κ2) is 10.8. The van der Waals surface area contributed by atoms with Gasteiger partial charge in [0.25, 0.3) is 0 Å². The highest BCUT2D eigenvalue weighted by atomic mass is 15.2. The molecule has 1 aliphatic heterocycles. The highest BCUT2D eigenvalue weighted by Gasteiger charge is 2.56. The molecular formula is C39H30BN. The molecular weight excluding hydrogens is 493 g/mol. The summed E-state index contributed by atoms with van der Waals surface area (Å²) in [5.41, 5.74) is 9.37. The first kappa shape index (κ1) is 24.9. The van der Waals surface area contributed by atoms with Crippen LogP contribution >= 0.6 is 0 Å². The molecule has 0 N–H and O–H groups in total. The fourth-order valence-corrected chi connectivity index (χ4v) is 6.64. The van der Waals surface area contributed by atoms with Crippen LogP contribution in [0, 0.1) is 0 Å². The molecule has 1 aliphatic rings. The zero-order chi connectivity index (χ0) is 27.5. The van der Waals surface area contributed by atoms with E-state index in [9.17, 15) is 0 Å². The Morgan fingerprint density at radius 1 is 0.390 bits per heavy atom. The van der Waals surface area contributed by atoms with Crippen LogP contribution in [0.15, 0.2) is 182 Å². The van der Waals surface area contributed by atoms with Crippen molar-refractivity contribution in [1.82, 2.24) is 0 Å². The van der Waals surface area contributed by atoms with Gasteiger partial charge in [0.2, 0.25) is 0 Å². The van der Waals surface area contributed by atoms with Crippen molar-refractivity contribution in [3.05, 3.63) is 204 Å². The van der Waals surface area contributed by atoms with Crippen LogP contribution in [0.1, 0.15) is 22.3 Å². The van der Waals surface area contributed by atoms with Crippen LogP contribution in [0.3, 0.4) is 0 Å². The molecule has 0 spiro atoms. The quantitative estimate of drug-likeness (QED) is 0.198. The number of hydrogen-bond acceptors (Lipinski definition) is 1. The molecule has 6 aromatic carbocycles. The molecule has 0 fully saturated rings. The Morgan fingerprint density at radius 3 is 1.27 bits per heavy atom. The van der Waals surface area contributed by atoms with E-state index in [1.54, 1.807) is 0 Å². The molecule has 2 heteroatoms. The number of para-hydroxylation sites is 1. The first-order valence-corrected chi connectivity index (χ1v) is 14.2. The van der Waals surface area contributed by atoms with Gasteiger partial charge in [-0.05, 0) is 45.4 Å². The third-order valence-corrected chi connectivity index (χ3v) is 8.20. The van der Waals surface area contributed by atoms with Crippen LogP contribution in [0.2, 0.25) is 0 Å². The predicted molar refractivity (Wildman–Crippen MR) is 174 cm³/mol. The van der Waals surface area contributed by atoms with Gasteiger partial charge in [-0.1, -0.05) is 175 Å². The second-order valence-electron chi connectivity index (χ2n) is 10.5. The Kier molecular flexibility index (Phi) is 6.58. The topological polar surface area (TPSA) is 3.24 Å². The molecule has 0 saturated carbocycles. The van der Waals surface area contributed by atoms with E-state index in [0.717, 1.165) is 0 Å². The van der Waals surface area contributed by atoms with E-state index in [1.165, 1.54) is 44.4 Å². The molecule has 7 rings (SSSR count). The molecule has 0 radical (unpaired) electrons. The van der Waals surface area contributed by atoms with Gasteiger partial charge in [-0.25, -0.2) is 0 Å². The van der Waals surface area contributed by atoms with Crippen molar-refractivity contribution in [1.29, 1.82) is 0 Å². The molecule has 0 saturated heterocycles. The Morgan fingerprint density at radius 2 is 0.780 bits per heavy atom. The van der Waals surface area contributed by atoms with Crippen LogP contribution in [-0.2, 0) is 5.54 Å². The van der Waals surface area contributed by atoms with Gasteiger partial charge < -0.3 is 4.81 Å². The molecule has 1 heterocycles. The van der Waals surface area contributed by atoms with Crippen LogP contribution in [0.4, 0.5) is 5.69 Å². The maximum atomic E-state index is 2.66. The van der Waals surface area contributed by atoms with Crippen molar-refractivity contribution in [3.8, 4) is 0 Å². The van der Waals surface area contributed by atoms with Gasteiger partial charge in [0.15, 0.2) is 0 Å². The lowest BCUT2D eigenvalue weighted by atomic mass is 9.48. The SMILES string of the molecule is c1ccc(B2C(c3ccccc3)=C(c3ccccc3)C(c3ccccc3)(c3ccccc3)N2c2ccccc2)cc1. The van der Waals surface area contributed by atoms with Crippen LogP contribution < -0.4 is 10.3 Å². The van der Waals surface area contributed by atoms with Crippen molar-refractivity contribution in [2.45, 2.75) is 5.54 Å². The summed E-state index contributed by atoms with van der Waals surface area (Å²) in [6.07, 6.45) is 0. The fraction of sp³-hybridized carbons (Fsp3) is 0.0256. The summed E-state index contributed by atoms with van der Waals surface area (Å²) in [6, 6.07) is 65.9. The molecule has 41 heavy (non-hydrogen) atoms. The van der Waals surface area contributed by atoms with Gasteiger partial charge >= 0.3 is 6.85 Å².